The summed E-state index contributed by atoms with van der Waals surface area (Å²) in [6.07, 6.45) is 3.77. The molecule has 1 aromatic carbocycles. The lowest BCUT2D eigenvalue weighted by molar-refractivity contribution is 0.171. The number of hydrogen-bond donors (Lipinski definition) is 2. The highest BCUT2D eigenvalue weighted by Crippen LogP contribution is 2.40. The van der Waals surface area contributed by atoms with Gasteiger partial charge in [-0.3, -0.25) is 11.3 Å². The number of rotatable bonds is 3. The minimum Gasteiger partial charge on any atom is -0.271 e. The van der Waals surface area contributed by atoms with E-state index in [0.29, 0.717) is 5.92 Å². The number of benzene rings is 1. The highest BCUT2D eigenvalue weighted by atomic mass is 35.5. The molecule has 2 nitrogen and oxygen atoms in total. The number of nitrogens with two attached hydrogens (primary N) is 1. The molecule has 1 fully saturated rings. The third-order valence-electron chi connectivity index (χ3n) is 4.71. The van der Waals surface area contributed by atoms with Gasteiger partial charge < -0.3 is 0 Å². The Labute approximate surface area is 121 Å². The zero-order chi connectivity index (χ0) is 14.0. The van der Waals surface area contributed by atoms with Crippen LogP contribution in [0, 0.1) is 24.7 Å². The van der Waals surface area contributed by atoms with Crippen molar-refractivity contribution < 1.29 is 0 Å². The lowest BCUT2D eigenvalue weighted by atomic mass is 9.72. The molecule has 4 atom stereocenters. The maximum absolute atomic E-state index is 6.17. The summed E-state index contributed by atoms with van der Waals surface area (Å²) in [5.74, 6) is 8.03. The lowest BCUT2D eigenvalue weighted by Crippen LogP contribution is -2.37. The predicted octanol–water partition coefficient (Wildman–Crippen LogP) is 4.23. The van der Waals surface area contributed by atoms with Crippen molar-refractivity contribution in [3.63, 3.8) is 0 Å². The van der Waals surface area contributed by atoms with Crippen molar-refractivity contribution in [2.45, 2.75) is 46.1 Å². The van der Waals surface area contributed by atoms with E-state index in [1.807, 2.05) is 12.1 Å². The molecule has 3 N–H and O–H groups in total. The molecule has 0 bridgehead atoms. The molecular weight excluding hydrogens is 256 g/mol. The van der Waals surface area contributed by atoms with E-state index >= 15 is 0 Å². The van der Waals surface area contributed by atoms with Crippen LogP contribution in [-0.2, 0) is 0 Å². The maximum Gasteiger partial charge on any atom is 0.0488 e. The Hall–Kier alpha value is -0.570. The first-order valence-electron chi connectivity index (χ1n) is 7.24. The van der Waals surface area contributed by atoms with E-state index in [2.05, 4.69) is 32.3 Å². The minimum absolute atomic E-state index is 0.215. The second kappa shape index (κ2) is 6.25. The van der Waals surface area contributed by atoms with E-state index in [9.17, 15) is 0 Å². The quantitative estimate of drug-likeness (QED) is 0.642. The van der Waals surface area contributed by atoms with E-state index in [0.717, 1.165) is 16.9 Å². The summed E-state index contributed by atoms with van der Waals surface area (Å²) in [5, 5.41) is 0.799. The van der Waals surface area contributed by atoms with Gasteiger partial charge in [0.1, 0.15) is 0 Å². The van der Waals surface area contributed by atoms with Gasteiger partial charge in [-0.2, -0.15) is 0 Å². The van der Waals surface area contributed by atoms with Crippen molar-refractivity contribution in [1.82, 2.24) is 5.43 Å². The average molecular weight is 281 g/mol. The molecule has 1 saturated carbocycles. The molecule has 1 aliphatic rings. The van der Waals surface area contributed by atoms with Gasteiger partial charge in [-0.1, -0.05) is 37.9 Å². The Morgan fingerprint density at radius 2 is 1.95 bits per heavy atom. The second-order valence-corrected chi connectivity index (χ2v) is 6.67. The van der Waals surface area contributed by atoms with Crippen LogP contribution in [0.5, 0.6) is 0 Å². The first-order valence-corrected chi connectivity index (χ1v) is 7.62. The molecule has 1 aromatic rings. The first kappa shape index (κ1) is 14.8. The summed E-state index contributed by atoms with van der Waals surface area (Å²) in [6, 6.07) is 6.44. The Kier molecular flexibility index (Phi) is 4.88. The van der Waals surface area contributed by atoms with Crippen LogP contribution >= 0.6 is 11.6 Å². The monoisotopic (exact) mass is 280 g/mol. The van der Waals surface area contributed by atoms with E-state index in [-0.39, 0.29) is 6.04 Å². The molecule has 0 heterocycles. The van der Waals surface area contributed by atoms with E-state index in [1.54, 1.807) is 0 Å². The molecule has 0 spiro atoms. The Morgan fingerprint density at radius 3 is 2.53 bits per heavy atom. The van der Waals surface area contributed by atoms with Gasteiger partial charge in [-0.25, -0.2) is 0 Å². The molecule has 0 amide bonds. The number of nitrogens with one attached hydrogen (secondary N) is 1. The number of hydrazine groups is 1. The second-order valence-electron chi connectivity index (χ2n) is 6.23. The van der Waals surface area contributed by atoms with Gasteiger partial charge in [0, 0.05) is 11.1 Å². The lowest BCUT2D eigenvalue weighted by Gasteiger charge is -2.36. The fourth-order valence-electron chi connectivity index (χ4n) is 3.34. The maximum atomic E-state index is 6.17. The highest BCUT2D eigenvalue weighted by molar-refractivity contribution is 6.30. The van der Waals surface area contributed by atoms with E-state index in [4.69, 9.17) is 17.4 Å². The van der Waals surface area contributed by atoms with Gasteiger partial charge in [0.15, 0.2) is 0 Å². The van der Waals surface area contributed by atoms with Crippen molar-refractivity contribution in [3.8, 4) is 0 Å². The van der Waals surface area contributed by atoms with Crippen LogP contribution in [0.3, 0.4) is 0 Å². The molecule has 0 radical (unpaired) electrons. The largest absolute Gasteiger partial charge is 0.271 e. The van der Waals surface area contributed by atoms with Gasteiger partial charge in [-0.05, 0) is 60.8 Å². The topological polar surface area (TPSA) is 38.0 Å². The van der Waals surface area contributed by atoms with Gasteiger partial charge in [0.25, 0.3) is 0 Å². The smallest absolute Gasteiger partial charge is 0.0488 e. The Morgan fingerprint density at radius 1 is 1.21 bits per heavy atom. The Balaban J connectivity index is 2.19. The molecule has 19 heavy (non-hydrogen) atoms. The molecule has 0 aromatic heterocycles. The predicted molar refractivity (Wildman–Crippen MR) is 81.9 cm³/mol. The van der Waals surface area contributed by atoms with Crippen LogP contribution in [0.25, 0.3) is 0 Å². The SMILES string of the molecule is Cc1cc(Cl)cc(C(NN)C2CCC(C)C(C)C2)c1. The van der Waals surface area contributed by atoms with Crippen LogP contribution < -0.4 is 11.3 Å². The van der Waals surface area contributed by atoms with Crippen molar-refractivity contribution in [3.05, 3.63) is 34.3 Å². The first-order chi connectivity index (χ1) is 9.01. The Bertz CT molecular complexity index is 413. The van der Waals surface area contributed by atoms with Crippen molar-refractivity contribution in [2.75, 3.05) is 0 Å². The van der Waals surface area contributed by atoms with Crippen molar-refractivity contribution >= 4 is 11.6 Å². The molecule has 1 aliphatic carbocycles. The zero-order valence-corrected chi connectivity index (χ0v) is 12.9. The molecule has 2 rings (SSSR count). The number of aryl methyl sites for hydroxylation is 1. The van der Waals surface area contributed by atoms with Crippen LogP contribution in [0.15, 0.2) is 18.2 Å². The summed E-state index contributed by atoms with van der Waals surface area (Å²) in [5.41, 5.74) is 5.44. The molecular formula is C16H25ClN2. The van der Waals surface area contributed by atoms with Gasteiger partial charge in [0.05, 0.1) is 0 Å². The fourth-order valence-corrected chi connectivity index (χ4v) is 3.64. The molecule has 4 unspecified atom stereocenters. The summed E-state index contributed by atoms with van der Waals surface area (Å²) >= 11 is 6.17. The third-order valence-corrected chi connectivity index (χ3v) is 4.93. The van der Waals surface area contributed by atoms with Gasteiger partial charge >= 0.3 is 0 Å². The molecule has 106 valence electrons. The summed E-state index contributed by atoms with van der Waals surface area (Å²) in [7, 11) is 0. The molecule has 0 aliphatic heterocycles. The van der Waals surface area contributed by atoms with Crippen LogP contribution in [0.2, 0.25) is 5.02 Å². The van der Waals surface area contributed by atoms with E-state index in [1.165, 1.54) is 30.4 Å². The standard InChI is InChI=1S/C16H25ClN2/c1-10-6-14(9-15(17)7-10)16(19-18)13-5-4-11(2)12(3)8-13/h6-7,9,11-13,16,19H,4-5,8,18H2,1-3H3. The van der Waals surface area contributed by atoms with Gasteiger partial charge in [-0.15, -0.1) is 0 Å². The third kappa shape index (κ3) is 3.50. The van der Waals surface area contributed by atoms with Crippen LogP contribution in [0.1, 0.15) is 50.3 Å². The van der Waals surface area contributed by atoms with Crippen LogP contribution in [0.4, 0.5) is 0 Å². The fraction of sp³-hybridized carbons (Fsp3) is 0.625. The summed E-state index contributed by atoms with van der Waals surface area (Å²) in [4.78, 5) is 0. The highest BCUT2D eigenvalue weighted by Gasteiger charge is 2.30. The number of hydrogen-bond acceptors (Lipinski definition) is 2. The normalized spacial score (nSPS) is 29.2. The van der Waals surface area contributed by atoms with Crippen molar-refractivity contribution in [2.24, 2.45) is 23.6 Å². The van der Waals surface area contributed by atoms with Gasteiger partial charge in [0.2, 0.25) is 0 Å². The van der Waals surface area contributed by atoms with Crippen molar-refractivity contribution in [1.29, 1.82) is 0 Å². The molecule has 3 heteroatoms. The summed E-state index contributed by atoms with van der Waals surface area (Å²) < 4.78 is 0. The number of halogens is 1. The minimum atomic E-state index is 0.215. The zero-order valence-electron chi connectivity index (χ0n) is 12.1. The van der Waals surface area contributed by atoms with Crippen LogP contribution in [-0.4, -0.2) is 0 Å². The summed E-state index contributed by atoms with van der Waals surface area (Å²) in [6.45, 7) is 6.79. The molecule has 0 saturated heterocycles. The van der Waals surface area contributed by atoms with E-state index < -0.39 is 0 Å². The average Bonchev–Trinajstić information content (AvgIpc) is 2.33.